The minimum Gasteiger partial charge on any atom is -0.491 e. The third-order valence-electron chi connectivity index (χ3n) is 3.47. The van der Waals surface area contributed by atoms with E-state index in [4.69, 9.17) is 4.74 Å². The van der Waals surface area contributed by atoms with Gasteiger partial charge in [-0.1, -0.05) is 17.7 Å². The Morgan fingerprint density at radius 1 is 1.26 bits per heavy atom. The summed E-state index contributed by atoms with van der Waals surface area (Å²) in [5.74, 6) is 0.799. The number of carbonyl (C=O) groups excluding carboxylic acids is 1. The van der Waals surface area contributed by atoms with Crippen molar-refractivity contribution in [2.45, 2.75) is 32.9 Å². The number of amides is 2. The number of carbonyl (C=O) groups is 1. The molecule has 2 aromatic rings. The predicted molar refractivity (Wildman–Crippen MR) is 89.4 cm³/mol. The normalized spacial score (nSPS) is 13.2. The zero-order valence-corrected chi connectivity index (χ0v) is 14.0. The molecular weight excluding hydrogens is 292 g/mol. The molecule has 6 heteroatoms. The van der Waals surface area contributed by atoms with Crippen molar-refractivity contribution in [2.24, 2.45) is 7.05 Å². The van der Waals surface area contributed by atoms with Crippen LogP contribution < -0.4 is 15.4 Å². The highest BCUT2D eigenvalue weighted by Crippen LogP contribution is 2.12. The number of ether oxygens (including phenoxy) is 1. The van der Waals surface area contributed by atoms with Crippen LogP contribution in [0.15, 0.2) is 36.7 Å². The van der Waals surface area contributed by atoms with Gasteiger partial charge in [0.1, 0.15) is 12.4 Å². The number of hydrogen-bond donors (Lipinski definition) is 2. The topological polar surface area (TPSA) is 68.2 Å². The van der Waals surface area contributed by atoms with Crippen molar-refractivity contribution in [3.63, 3.8) is 0 Å². The van der Waals surface area contributed by atoms with Gasteiger partial charge < -0.3 is 15.4 Å². The number of aryl methyl sites for hydroxylation is 2. The fraction of sp³-hybridized carbons (Fsp3) is 0.412. The van der Waals surface area contributed by atoms with Crippen LogP contribution >= 0.6 is 0 Å². The molecule has 0 radical (unpaired) electrons. The Morgan fingerprint density at radius 3 is 2.57 bits per heavy atom. The first-order valence-corrected chi connectivity index (χ1v) is 7.69. The molecule has 1 heterocycles. The molecule has 0 fully saturated rings. The molecule has 1 aromatic carbocycles. The fourth-order valence-electron chi connectivity index (χ4n) is 2.11. The highest BCUT2D eigenvalue weighted by Gasteiger charge is 2.13. The van der Waals surface area contributed by atoms with E-state index in [9.17, 15) is 4.79 Å². The highest BCUT2D eigenvalue weighted by atomic mass is 16.5. The molecule has 0 aliphatic heterocycles. The molecule has 0 aliphatic carbocycles. The molecule has 0 spiro atoms. The average Bonchev–Trinajstić information content (AvgIpc) is 2.93. The smallest absolute Gasteiger partial charge is 0.315 e. The number of hydrogen-bond acceptors (Lipinski definition) is 3. The number of benzene rings is 1. The fourth-order valence-corrected chi connectivity index (χ4v) is 2.11. The maximum atomic E-state index is 12.0. The van der Waals surface area contributed by atoms with E-state index in [2.05, 4.69) is 15.7 Å². The molecule has 23 heavy (non-hydrogen) atoms. The Morgan fingerprint density at radius 2 is 1.96 bits per heavy atom. The first kappa shape index (κ1) is 16.9. The van der Waals surface area contributed by atoms with Crippen molar-refractivity contribution < 1.29 is 9.53 Å². The van der Waals surface area contributed by atoms with E-state index in [0.717, 1.165) is 11.3 Å². The quantitative estimate of drug-likeness (QED) is 0.860. The summed E-state index contributed by atoms with van der Waals surface area (Å²) in [6.07, 6.45) is 3.63. The summed E-state index contributed by atoms with van der Waals surface area (Å²) in [6, 6.07) is 7.41. The van der Waals surface area contributed by atoms with Gasteiger partial charge in [-0.2, -0.15) is 5.10 Å². The number of nitrogens with one attached hydrogen (secondary N) is 2. The third-order valence-corrected chi connectivity index (χ3v) is 3.47. The van der Waals surface area contributed by atoms with E-state index in [1.54, 1.807) is 10.9 Å². The summed E-state index contributed by atoms with van der Waals surface area (Å²) >= 11 is 0. The van der Waals surface area contributed by atoms with Gasteiger partial charge in [-0.25, -0.2) is 4.79 Å². The Hall–Kier alpha value is -2.50. The van der Waals surface area contributed by atoms with Crippen molar-refractivity contribution in [3.05, 3.63) is 47.8 Å². The number of urea groups is 1. The Kier molecular flexibility index (Phi) is 5.62. The maximum absolute atomic E-state index is 12.0. The van der Waals surface area contributed by atoms with Crippen LogP contribution in [0.5, 0.6) is 5.75 Å². The standard InChI is InChI=1S/C17H24N4O2/c1-12-5-7-16(8-6-12)23-11-13(2)19-17(22)20-14(3)15-9-18-21(4)10-15/h5-10,13-14H,11H2,1-4H3,(H2,19,20,22)/t13-,14+/m1/s1. The summed E-state index contributed by atoms with van der Waals surface area (Å²) in [6.45, 7) is 6.27. The van der Waals surface area contributed by atoms with E-state index < -0.39 is 0 Å². The Bertz CT molecular complexity index is 636. The van der Waals surface area contributed by atoms with Gasteiger partial charge in [0.25, 0.3) is 0 Å². The van der Waals surface area contributed by atoms with Crippen molar-refractivity contribution >= 4 is 6.03 Å². The van der Waals surface area contributed by atoms with Gasteiger partial charge in [-0.3, -0.25) is 4.68 Å². The van der Waals surface area contributed by atoms with Crippen molar-refractivity contribution in [3.8, 4) is 5.75 Å². The van der Waals surface area contributed by atoms with Gasteiger partial charge in [-0.05, 0) is 32.9 Å². The minimum absolute atomic E-state index is 0.0996. The summed E-state index contributed by atoms with van der Waals surface area (Å²) < 4.78 is 7.37. The van der Waals surface area contributed by atoms with Gasteiger partial charge >= 0.3 is 6.03 Å². The molecule has 1 aromatic heterocycles. The van der Waals surface area contributed by atoms with Gasteiger partial charge in [0.15, 0.2) is 0 Å². The first-order valence-electron chi connectivity index (χ1n) is 7.69. The molecule has 2 rings (SSSR count). The summed E-state index contributed by atoms with van der Waals surface area (Å²) in [5.41, 5.74) is 2.15. The maximum Gasteiger partial charge on any atom is 0.315 e. The lowest BCUT2D eigenvalue weighted by Gasteiger charge is -2.18. The molecule has 124 valence electrons. The second kappa shape index (κ2) is 7.67. The van der Waals surface area contributed by atoms with Crippen LogP contribution in [0.4, 0.5) is 4.79 Å². The monoisotopic (exact) mass is 316 g/mol. The molecule has 2 N–H and O–H groups in total. The molecule has 0 saturated carbocycles. The van der Waals surface area contributed by atoms with Crippen molar-refractivity contribution in [2.75, 3.05) is 6.61 Å². The van der Waals surface area contributed by atoms with Crippen LogP contribution in [0.3, 0.4) is 0 Å². The zero-order valence-electron chi connectivity index (χ0n) is 14.0. The van der Waals surface area contributed by atoms with E-state index in [0.29, 0.717) is 6.61 Å². The molecule has 6 nitrogen and oxygen atoms in total. The summed E-state index contributed by atoms with van der Waals surface area (Å²) in [5, 5.41) is 9.85. The van der Waals surface area contributed by atoms with Gasteiger partial charge in [0.05, 0.1) is 18.3 Å². The van der Waals surface area contributed by atoms with Crippen LogP contribution in [-0.2, 0) is 7.05 Å². The van der Waals surface area contributed by atoms with E-state index in [1.807, 2.05) is 58.3 Å². The molecular formula is C17H24N4O2. The van der Waals surface area contributed by atoms with Crippen LogP contribution in [-0.4, -0.2) is 28.5 Å². The van der Waals surface area contributed by atoms with Gasteiger partial charge in [0.2, 0.25) is 0 Å². The van der Waals surface area contributed by atoms with Crippen molar-refractivity contribution in [1.29, 1.82) is 0 Å². The molecule has 2 atom stereocenters. The third kappa shape index (κ3) is 5.32. The lowest BCUT2D eigenvalue weighted by molar-refractivity contribution is 0.224. The van der Waals surface area contributed by atoms with Gasteiger partial charge in [0, 0.05) is 18.8 Å². The predicted octanol–water partition coefficient (Wildman–Crippen LogP) is 2.56. The average molecular weight is 316 g/mol. The SMILES string of the molecule is Cc1ccc(OC[C@@H](C)NC(=O)N[C@@H](C)c2cnn(C)c2)cc1. The second-order valence-corrected chi connectivity index (χ2v) is 5.81. The van der Waals surface area contributed by atoms with Crippen LogP contribution in [0.25, 0.3) is 0 Å². The lowest BCUT2D eigenvalue weighted by atomic mass is 10.2. The van der Waals surface area contributed by atoms with Gasteiger partial charge in [-0.15, -0.1) is 0 Å². The number of rotatable bonds is 6. The second-order valence-electron chi connectivity index (χ2n) is 5.81. The van der Waals surface area contributed by atoms with Crippen molar-refractivity contribution in [1.82, 2.24) is 20.4 Å². The zero-order chi connectivity index (χ0) is 16.8. The molecule has 2 amide bonds. The van der Waals surface area contributed by atoms with E-state index >= 15 is 0 Å². The largest absolute Gasteiger partial charge is 0.491 e. The highest BCUT2D eigenvalue weighted by molar-refractivity contribution is 5.74. The Labute approximate surface area is 136 Å². The lowest BCUT2D eigenvalue weighted by Crippen LogP contribution is -2.44. The molecule has 0 bridgehead atoms. The summed E-state index contributed by atoms with van der Waals surface area (Å²) in [4.78, 5) is 12.0. The molecule has 0 unspecified atom stereocenters. The van der Waals surface area contributed by atoms with E-state index in [-0.39, 0.29) is 18.1 Å². The summed E-state index contributed by atoms with van der Waals surface area (Å²) in [7, 11) is 1.85. The number of aromatic nitrogens is 2. The van der Waals surface area contributed by atoms with Crippen LogP contribution in [0, 0.1) is 6.92 Å². The minimum atomic E-state index is -0.221. The van der Waals surface area contributed by atoms with E-state index in [1.165, 1.54) is 5.56 Å². The molecule has 0 aliphatic rings. The Balaban J connectivity index is 1.74. The molecule has 0 saturated heterocycles. The van der Waals surface area contributed by atoms with Crippen LogP contribution in [0.1, 0.15) is 31.0 Å². The first-order chi connectivity index (χ1) is 10.9. The number of nitrogens with zero attached hydrogens (tertiary/aromatic N) is 2. The van der Waals surface area contributed by atoms with Crippen LogP contribution in [0.2, 0.25) is 0 Å².